The van der Waals surface area contributed by atoms with Crippen LogP contribution >= 0.6 is 23.2 Å². The number of amides is 2. The monoisotopic (exact) mass is 491 g/mol. The van der Waals surface area contributed by atoms with Gasteiger partial charge in [0.2, 0.25) is 5.91 Å². The third-order valence-corrected chi connectivity index (χ3v) is 6.24. The van der Waals surface area contributed by atoms with Crippen LogP contribution < -0.4 is 15.4 Å². The van der Waals surface area contributed by atoms with E-state index in [9.17, 15) is 18.0 Å². The Morgan fingerprint density at radius 2 is 1.59 bits per heavy atom. The molecule has 0 radical (unpaired) electrons. The van der Waals surface area contributed by atoms with Crippen molar-refractivity contribution in [3.63, 3.8) is 0 Å². The van der Waals surface area contributed by atoms with Crippen molar-refractivity contribution >= 4 is 56.4 Å². The maximum atomic E-state index is 12.7. The molecule has 0 atom stereocenters. The van der Waals surface area contributed by atoms with Gasteiger partial charge in [-0.25, -0.2) is 8.42 Å². The van der Waals surface area contributed by atoms with Gasteiger partial charge in [-0.15, -0.1) is 0 Å². The Hall–Kier alpha value is -3.07. The Bertz CT molecular complexity index is 1230. The van der Waals surface area contributed by atoms with E-state index in [1.807, 2.05) is 0 Å². The minimum Gasteiger partial charge on any atom is -0.352 e. The summed E-state index contributed by atoms with van der Waals surface area (Å²) < 4.78 is 27.7. The number of carbonyl (C=O) groups excluding carboxylic acids is 2. The van der Waals surface area contributed by atoms with Crippen molar-refractivity contribution in [2.45, 2.75) is 11.3 Å². The lowest BCUT2D eigenvalue weighted by atomic mass is 10.2. The maximum absolute atomic E-state index is 12.7. The van der Waals surface area contributed by atoms with Gasteiger partial charge < -0.3 is 10.6 Å². The molecule has 3 aromatic rings. The Balaban J connectivity index is 1.57. The van der Waals surface area contributed by atoms with Gasteiger partial charge in [-0.1, -0.05) is 41.4 Å². The van der Waals surface area contributed by atoms with Crippen LogP contribution in [0.3, 0.4) is 0 Å². The van der Waals surface area contributed by atoms with Crippen molar-refractivity contribution < 1.29 is 18.0 Å². The number of halogens is 2. The molecule has 0 spiro atoms. The molecule has 3 N–H and O–H groups in total. The number of hydrogen-bond donors (Lipinski definition) is 3. The minimum absolute atomic E-state index is 0.00812. The van der Waals surface area contributed by atoms with E-state index in [1.165, 1.54) is 18.2 Å². The van der Waals surface area contributed by atoms with Crippen LogP contribution in [0.1, 0.15) is 16.8 Å². The van der Waals surface area contributed by atoms with E-state index < -0.39 is 10.0 Å². The number of rotatable bonds is 8. The number of sulfonamides is 1. The van der Waals surface area contributed by atoms with Crippen molar-refractivity contribution in [2.75, 3.05) is 16.6 Å². The van der Waals surface area contributed by atoms with Gasteiger partial charge in [0.25, 0.3) is 15.9 Å². The molecule has 0 bridgehead atoms. The van der Waals surface area contributed by atoms with Crippen LogP contribution in [0.2, 0.25) is 10.0 Å². The first kappa shape index (κ1) is 23.6. The fourth-order valence-electron chi connectivity index (χ4n) is 2.71. The summed E-state index contributed by atoms with van der Waals surface area (Å²) in [6, 6.07) is 18.7. The summed E-state index contributed by atoms with van der Waals surface area (Å²) in [5, 5.41) is 6.05. The highest BCUT2D eigenvalue weighted by Crippen LogP contribution is 2.25. The van der Waals surface area contributed by atoms with E-state index in [-0.39, 0.29) is 40.4 Å². The number of para-hydroxylation sites is 1. The Morgan fingerprint density at radius 3 is 2.31 bits per heavy atom. The van der Waals surface area contributed by atoms with E-state index in [2.05, 4.69) is 15.4 Å². The second kappa shape index (κ2) is 10.5. The summed E-state index contributed by atoms with van der Waals surface area (Å²) >= 11 is 11.8. The SMILES string of the molecule is O=C(CCNC(=O)c1ccc(Cl)cc1)Nc1cccc(S(=O)(=O)Nc2ccccc2Cl)c1. The Labute approximate surface area is 195 Å². The Kier molecular flexibility index (Phi) is 7.74. The minimum atomic E-state index is -3.91. The molecule has 0 aliphatic carbocycles. The van der Waals surface area contributed by atoms with E-state index in [4.69, 9.17) is 23.2 Å². The van der Waals surface area contributed by atoms with Crippen molar-refractivity contribution in [1.29, 1.82) is 0 Å². The van der Waals surface area contributed by atoms with Gasteiger partial charge in [-0.05, 0) is 54.6 Å². The first-order chi connectivity index (χ1) is 15.2. The van der Waals surface area contributed by atoms with E-state index in [0.29, 0.717) is 16.3 Å². The van der Waals surface area contributed by atoms with Crippen molar-refractivity contribution in [3.05, 3.63) is 88.4 Å². The summed E-state index contributed by atoms with van der Waals surface area (Å²) in [5.41, 5.74) is 0.986. The average Bonchev–Trinajstić information content (AvgIpc) is 2.76. The fourth-order valence-corrected chi connectivity index (χ4v) is 4.20. The van der Waals surface area contributed by atoms with Gasteiger partial charge in [0, 0.05) is 29.2 Å². The molecule has 0 aliphatic heterocycles. The molecule has 0 aromatic heterocycles. The number of anilines is 2. The summed E-state index contributed by atoms with van der Waals surface area (Å²) in [4.78, 5) is 24.2. The standard InChI is InChI=1S/C22H19Cl2N3O4S/c23-16-10-8-15(9-11-16)22(29)25-13-12-21(28)26-17-4-3-5-18(14-17)32(30,31)27-20-7-2-1-6-19(20)24/h1-11,14,27H,12-13H2,(H,25,29)(H,26,28). The highest BCUT2D eigenvalue weighted by atomic mass is 35.5. The number of carbonyl (C=O) groups is 2. The van der Waals surface area contributed by atoms with Gasteiger partial charge in [0.1, 0.15) is 0 Å². The predicted octanol–water partition coefficient (Wildman–Crippen LogP) is 4.55. The zero-order chi connectivity index (χ0) is 23.1. The van der Waals surface area contributed by atoms with Crippen LogP contribution in [0.4, 0.5) is 11.4 Å². The largest absolute Gasteiger partial charge is 0.352 e. The van der Waals surface area contributed by atoms with Crippen molar-refractivity contribution in [1.82, 2.24) is 5.32 Å². The van der Waals surface area contributed by atoms with Gasteiger partial charge in [0.05, 0.1) is 15.6 Å². The summed E-state index contributed by atoms with van der Waals surface area (Å²) in [6.07, 6.45) is 0.00812. The second-order valence-corrected chi connectivity index (χ2v) is 9.20. The van der Waals surface area contributed by atoms with Crippen molar-refractivity contribution in [2.24, 2.45) is 0 Å². The smallest absolute Gasteiger partial charge is 0.262 e. The molecule has 0 heterocycles. The lowest BCUT2D eigenvalue weighted by Gasteiger charge is -2.11. The molecule has 0 saturated heterocycles. The van der Waals surface area contributed by atoms with Crippen LogP contribution in [-0.4, -0.2) is 26.8 Å². The van der Waals surface area contributed by atoms with Crippen LogP contribution in [0, 0.1) is 0 Å². The van der Waals surface area contributed by atoms with Crippen molar-refractivity contribution in [3.8, 4) is 0 Å². The summed E-state index contributed by atoms with van der Waals surface area (Å²) in [5.74, 6) is -0.705. The average molecular weight is 492 g/mol. The molecule has 0 aliphatic rings. The molecule has 3 aromatic carbocycles. The molecule has 3 rings (SSSR count). The summed E-state index contributed by atoms with van der Waals surface area (Å²) in [6.45, 7) is 0.110. The predicted molar refractivity (Wildman–Crippen MR) is 126 cm³/mol. The number of hydrogen-bond acceptors (Lipinski definition) is 4. The van der Waals surface area contributed by atoms with Gasteiger partial charge in [0.15, 0.2) is 0 Å². The molecule has 0 saturated carbocycles. The van der Waals surface area contributed by atoms with Crippen LogP contribution in [0.5, 0.6) is 0 Å². The lowest BCUT2D eigenvalue weighted by Crippen LogP contribution is -2.27. The van der Waals surface area contributed by atoms with E-state index in [0.717, 1.165) is 0 Å². The van der Waals surface area contributed by atoms with Crippen LogP contribution in [0.15, 0.2) is 77.7 Å². The van der Waals surface area contributed by atoms with Crippen LogP contribution in [-0.2, 0) is 14.8 Å². The second-order valence-electron chi connectivity index (χ2n) is 6.67. The third-order valence-electron chi connectivity index (χ3n) is 4.29. The number of benzene rings is 3. The molecule has 10 heteroatoms. The molecule has 0 fully saturated rings. The first-order valence-corrected chi connectivity index (χ1v) is 11.7. The molecule has 0 unspecified atom stereocenters. The quantitative estimate of drug-likeness (QED) is 0.429. The van der Waals surface area contributed by atoms with E-state index >= 15 is 0 Å². The van der Waals surface area contributed by atoms with Gasteiger partial charge >= 0.3 is 0 Å². The lowest BCUT2D eigenvalue weighted by molar-refractivity contribution is -0.116. The highest BCUT2D eigenvalue weighted by molar-refractivity contribution is 7.92. The molecule has 166 valence electrons. The van der Waals surface area contributed by atoms with Gasteiger partial charge in [-0.2, -0.15) is 0 Å². The molecule has 32 heavy (non-hydrogen) atoms. The highest BCUT2D eigenvalue weighted by Gasteiger charge is 2.16. The molecule has 2 amide bonds. The zero-order valence-corrected chi connectivity index (χ0v) is 19.0. The number of nitrogens with one attached hydrogen (secondary N) is 3. The molecular formula is C22H19Cl2N3O4S. The van der Waals surface area contributed by atoms with E-state index in [1.54, 1.807) is 54.6 Å². The maximum Gasteiger partial charge on any atom is 0.262 e. The zero-order valence-electron chi connectivity index (χ0n) is 16.6. The first-order valence-electron chi connectivity index (χ1n) is 9.45. The summed E-state index contributed by atoms with van der Waals surface area (Å²) in [7, 11) is -3.91. The Morgan fingerprint density at radius 1 is 0.875 bits per heavy atom. The third kappa shape index (κ3) is 6.46. The topological polar surface area (TPSA) is 104 Å². The normalized spacial score (nSPS) is 10.9. The molecular weight excluding hydrogens is 473 g/mol. The molecule has 7 nitrogen and oxygen atoms in total. The van der Waals surface area contributed by atoms with Gasteiger partial charge in [-0.3, -0.25) is 14.3 Å². The fraction of sp³-hybridized carbons (Fsp3) is 0.0909. The van der Waals surface area contributed by atoms with Crippen LogP contribution in [0.25, 0.3) is 0 Å².